The number of carbonyl (C=O) groups is 4. The zero-order chi connectivity index (χ0) is 18.7. The van der Waals surface area contributed by atoms with E-state index in [0.717, 1.165) is 0 Å². The summed E-state index contributed by atoms with van der Waals surface area (Å²) in [6.45, 7) is 0.0801. The number of amides is 3. The molecule has 7 nitrogen and oxygen atoms in total. The number of allylic oxidation sites excluding steroid dienone is 2. The van der Waals surface area contributed by atoms with E-state index in [2.05, 4.69) is 10.1 Å². The molecule has 1 aromatic rings. The summed E-state index contributed by atoms with van der Waals surface area (Å²) in [4.78, 5) is 49.4. The minimum absolute atomic E-state index is 0.0309. The average molecular weight is 356 g/mol. The van der Waals surface area contributed by atoms with Crippen LogP contribution >= 0.6 is 0 Å². The van der Waals surface area contributed by atoms with Gasteiger partial charge < -0.3 is 10.1 Å². The van der Waals surface area contributed by atoms with Gasteiger partial charge in [-0.1, -0.05) is 12.2 Å². The van der Waals surface area contributed by atoms with Crippen molar-refractivity contribution < 1.29 is 23.9 Å². The Morgan fingerprint density at radius 2 is 1.65 bits per heavy atom. The molecule has 0 unspecified atom stereocenters. The molecule has 1 heterocycles. The van der Waals surface area contributed by atoms with Crippen molar-refractivity contribution in [1.82, 2.24) is 4.90 Å². The van der Waals surface area contributed by atoms with Gasteiger partial charge in [0.2, 0.25) is 17.7 Å². The number of imide groups is 1. The number of rotatable bonds is 5. The van der Waals surface area contributed by atoms with Crippen molar-refractivity contribution in [3.8, 4) is 0 Å². The molecule has 136 valence electrons. The first-order valence-electron chi connectivity index (χ1n) is 8.49. The molecule has 0 spiro atoms. The molecule has 1 saturated heterocycles. The Kier molecular flexibility index (Phi) is 5.16. The van der Waals surface area contributed by atoms with E-state index in [9.17, 15) is 19.2 Å². The number of hydrogen-bond donors (Lipinski definition) is 1. The van der Waals surface area contributed by atoms with Gasteiger partial charge in [0.05, 0.1) is 24.5 Å². The first-order valence-corrected chi connectivity index (χ1v) is 8.49. The summed E-state index contributed by atoms with van der Waals surface area (Å²) >= 11 is 0. The van der Waals surface area contributed by atoms with Crippen LogP contribution in [-0.2, 0) is 19.1 Å². The summed E-state index contributed by atoms with van der Waals surface area (Å²) in [7, 11) is 1.30. The normalized spacial score (nSPS) is 21.5. The van der Waals surface area contributed by atoms with E-state index in [1.807, 2.05) is 12.2 Å². The van der Waals surface area contributed by atoms with E-state index in [0.29, 0.717) is 24.1 Å². The number of hydrogen-bond acceptors (Lipinski definition) is 5. The smallest absolute Gasteiger partial charge is 0.337 e. The molecule has 1 aliphatic heterocycles. The molecule has 1 N–H and O–H groups in total. The van der Waals surface area contributed by atoms with Gasteiger partial charge in [-0.3, -0.25) is 19.3 Å². The fourth-order valence-corrected chi connectivity index (χ4v) is 3.33. The topological polar surface area (TPSA) is 92.8 Å². The van der Waals surface area contributed by atoms with Crippen LogP contribution in [0, 0.1) is 11.8 Å². The monoisotopic (exact) mass is 356 g/mol. The Hall–Kier alpha value is -2.96. The summed E-state index contributed by atoms with van der Waals surface area (Å²) in [5.74, 6) is -1.67. The lowest BCUT2D eigenvalue weighted by Gasteiger charge is -2.14. The highest BCUT2D eigenvalue weighted by molar-refractivity contribution is 6.05. The first kappa shape index (κ1) is 17.8. The minimum atomic E-state index is -0.454. The third kappa shape index (κ3) is 3.51. The number of ether oxygens (including phenoxy) is 1. The Morgan fingerprint density at radius 3 is 2.19 bits per heavy atom. The van der Waals surface area contributed by atoms with Crippen LogP contribution in [0.3, 0.4) is 0 Å². The van der Waals surface area contributed by atoms with Crippen LogP contribution in [0.4, 0.5) is 5.69 Å². The fourth-order valence-electron chi connectivity index (χ4n) is 3.33. The van der Waals surface area contributed by atoms with E-state index >= 15 is 0 Å². The number of nitrogens with one attached hydrogen (secondary N) is 1. The van der Waals surface area contributed by atoms with Gasteiger partial charge in [0.25, 0.3) is 0 Å². The average Bonchev–Trinajstić information content (AvgIpc) is 2.91. The number of anilines is 1. The molecule has 1 aliphatic carbocycles. The molecular weight excluding hydrogens is 336 g/mol. The molecule has 2 aliphatic rings. The maximum absolute atomic E-state index is 12.3. The van der Waals surface area contributed by atoms with Crippen molar-refractivity contribution in [3.63, 3.8) is 0 Å². The molecule has 7 heteroatoms. The molecule has 1 fully saturated rings. The predicted molar refractivity (Wildman–Crippen MR) is 93.1 cm³/mol. The van der Waals surface area contributed by atoms with Crippen LogP contribution in [0.2, 0.25) is 0 Å². The van der Waals surface area contributed by atoms with Crippen LogP contribution in [0.25, 0.3) is 0 Å². The van der Waals surface area contributed by atoms with Crippen molar-refractivity contribution in [3.05, 3.63) is 42.0 Å². The highest BCUT2D eigenvalue weighted by atomic mass is 16.5. The number of nitrogens with zero attached hydrogens (tertiary/aromatic N) is 1. The van der Waals surface area contributed by atoms with Gasteiger partial charge in [0.15, 0.2) is 0 Å². The van der Waals surface area contributed by atoms with Gasteiger partial charge in [-0.2, -0.15) is 0 Å². The molecule has 3 amide bonds. The van der Waals surface area contributed by atoms with Crippen molar-refractivity contribution in [1.29, 1.82) is 0 Å². The molecule has 3 rings (SSSR count). The standard InChI is InChI=1S/C19H20N2O5/c1-26-19(25)12-6-8-13(9-7-12)20-16(22)10-11-21-17(23)14-4-2-3-5-15(14)18(21)24/h2-3,6-9,14-15H,4-5,10-11H2,1H3,(H,20,22)/t14-,15-/m0/s1. The van der Waals surface area contributed by atoms with Gasteiger partial charge in [-0.05, 0) is 37.1 Å². The molecule has 2 atom stereocenters. The van der Waals surface area contributed by atoms with Crippen molar-refractivity contribution in [2.24, 2.45) is 11.8 Å². The van der Waals surface area contributed by atoms with Crippen molar-refractivity contribution in [2.75, 3.05) is 19.0 Å². The second kappa shape index (κ2) is 7.51. The molecule has 0 saturated carbocycles. The van der Waals surface area contributed by atoms with E-state index in [1.54, 1.807) is 24.3 Å². The summed E-state index contributed by atoms with van der Waals surface area (Å²) in [5, 5.41) is 2.69. The van der Waals surface area contributed by atoms with Gasteiger partial charge in [-0.25, -0.2) is 4.79 Å². The van der Waals surface area contributed by atoms with Crippen molar-refractivity contribution in [2.45, 2.75) is 19.3 Å². The predicted octanol–water partition coefficient (Wildman–Crippen LogP) is 1.75. The number of esters is 1. The summed E-state index contributed by atoms with van der Waals surface area (Å²) < 4.78 is 4.61. The second-order valence-electron chi connectivity index (χ2n) is 6.35. The maximum Gasteiger partial charge on any atom is 0.337 e. The summed E-state index contributed by atoms with van der Waals surface area (Å²) in [6.07, 6.45) is 5.07. The maximum atomic E-state index is 12.3. The van der Waals surface area contributed by atoms with Crippen molar-refractivity contribution >= 4 is 29.4 Å². The second-order valence-corrected chi connectivity index (χ2v) is 6.35. The van der Waals surface area contributed by atoms with Gasteiger partial charge >= 0.3 is 5.97 Å². The molecule has 1 aromatic carbocycles. The fraction of sp³-hybridized carbons (Fsp3) is 0.368. The highest BCUT2D eigenvalue weighted by Crippen LogP contribution is 2.35. The van der Waals surface area contributed by atoms with E-state index < -0.39 is 5.97 Å². The summed E-state index contributed by atoms with van der Waals surface area (Å²) in [6, 6.07) is 6.28. The lowest BCUT2D eigenvalue weighted by atomic mass is 9.85. The zero-order valence-corrected chi connectivity index (χ0v) is 14.4. The van der Waals surface area contributed by atoms with Gasteiger partial charge in [0.1, 0.15) is 0 Å². The third-order valence-electron chi connectivity index (χ3n) is 4.75. The quantitative estimate of drug-likeness (QED) is 0.493. The zero-order valence-electron chi connectivity index (χ0n) is 14.4. The Labute approximate surface area is 151 Å². The Balaban J connectivity index is 1.53. The molecule has 0 aromatic heterocycles. The molecular formula is C19H20N2O5. The van der Waals surface area contributed by atoms with Gasteiger partial charge in [-0.15, -0.1) is 0 Å². The first-order chi connectivity index (χ1) is 12.5. The Morgan fingerprint density at radius 1 is 1.08 bits per heavy atom. The molecule has 0 radical (unpaired) electrons. The lowest BCUT2D eigenvalue weighted by molar-refractivity contribution is -0.140. The third-order valence-corrected chi connectivity index (χ3v) is 4.75. The highest BCUT2D eigenvalue weighted by Gasteiger charge is 2.46. The number of likely N-dealkylation sites (tertiary alicyclic amines) is 1. The number of methoxy groups -OCH3 is 1. The van der Waals surface area contributed by atoms with Crippen LogP contribution < -0.4 is 5.32 Å². The van der Waals surface area contributed by atoms with Crippen LogP contribution in [-0.4, -0.2) is 42.2 Å². The largest absolute Gasteiger partial charge is 0.465 e. The number of carbonyl (C=O) groups excluding carboxylic acids is 4. The van der Waals surface area contributed by atoms with E-state index in [4.69, 9.17) is 0 Å². The van der Waals surface area contributed by atoms with E-state index in [-0.39, 0.29) is 42.5 Å². The van der Waals surface area contributed by atoms with Gasteiger partial charge in [0, 0.05) is 18.7 Å². The lowest BCUT2D eigenvalue weighted by Crippen LogP contribution is -2.34. The minimum Gasteiger partial charge on any atom is -0.465 e. The Bertz CT molecular complexity index is 743. The molecule has 26 heavy (non-hydrogen) atoms. The van der Waals surface area contributed by atoms with E-state index in [1.165, 1.54) is 12.0 Å². The number of fused-ring (bicyclic) bond motifs is 1. The van der Waals surface area contributed by atoms with Crippen LogP contribution in [0.5, 0.6) is 0 Å². The van der Waals surface area contributed by atoms with Crippen LogP contribution in [0.15, 0.2) is 36.4 Å². The summed E-state index contributed by atoms with van der Waals surface area (Å²) in [5.41, 5.74) is 0.912. The number of benzene rings is 1. The molecule has 0 bridgehead atoms. The SMILES string of the molecule is COC(=O)c1ccc(NC(=O)CCN2C(=O)[C@H]3CC=CC[C@@H]3C2=O)cc1. The van der Waals surface area contributed by atoms with Crippen LogP contribution in [0.1, 0.15) is 29.6 Å².